The van der Waals surface area contributed by atoms with E-state index in [4.69, 9.17) is 9.84 Å². The summed E-state index contributed by atoms with van der Waals surface area (Å²) in [5, 5.41) is 18.4. The van der Waals surface area contributed by atoms with Crippen LogP contribution in [0.1, 0.15) is 35.9 Å². The highest BCUT2D eigenvalue weighted by atomic mass is 16.5. The van der Waals surface area contributed by atoms with E-state index in [1.807, 2.05) is 0 Å². The Hall–Kier alpha value is -2.30. The van der Waals surface area contributed by atoms with Gasteiger partial charge in [0.1, 0.15) is 11.9 Å². The van der Waals surface area contributed by atoms with Crippen molar-refractivity contribution in [2.24, 2.45) is 0 Å². The Morgan fingerprint density at radius 3 is 2.50 bits per heavy atom. The van der Waals surface area contributed by atoms with Crippen LogP contribution in [0, 0.1) is 0 Å². The van der Waals surface area contributed by atoms with E-state index >= 15 is 0 Å². The van der Waals surface area contributed by atoms with E-state index in [-0.39, 0.29) is 22.4 Å². The standard InChI is InChI=1S/C13H14O5/c1-7(2)13(17)18-8(3)11-6-9(14)4-5-10(11)12(15)16/h4-6,8,14H,1H2,2-3H3,(H,15,16). The number of phenolic OH excluding ortho intramolecular Hbond substituents is 1. The number of carboxylic acid groups (broad SMARTS) is 1. The highest BCUT2D eigenvalue weighted by Crippen LogP contribution is 2.26. The third kappa shape index (κ3) is 3.10. The molecule has 0 aromatic heterocycles. The molecule has 18 heavy (non-hydrogen) atoms. The summed E-state index contributed by atoms with van der Waals surface area (Å²) < 4.78 is 5.03. The van der Waals surface area contributed by atoms with Gasteiger partial charge >= 0.3 is 11.9 Å². The molecule has 1 unspecified atom stereocenters. The third-order valence-electron chi connectivity index (χ3n) is 2.34. The molecule has 0 bridgehead atoms. The lowest BCUT2D eigenvalue weighted by Crippen LogP contribution is -2.12. The normalized spacial score (nSPS) is 11.7. The molecule has 0 amide bonds. The first kappa shape index (κ1) is 13.8. The summed E-state index contributed by atoms with van der Waals surface area (Å²) >= 11 is 0. The lowest BCUT2D eigenvalue weighted by atomic mass is 10.0. The number of rotatable bonds is 4. The minimum Gasteiger partial charge on any atom is -0.508 e. The first-order chi connectivity index (χ1) is 8.32. The summed E-state index contributed by atoms with van der Waals surface area (Å²) in [6.07, 6.45) is -0.785. The van der Waals surface area contributed by atoms with Crippen molar-refractivity contribution in [1.82, 2.24) is 0 Å². The zero-order valence-corrected chi connectivity index (χ0v) is 10.1. The van der Waals surface area contributed by atoms with Gasteiger partial charge < -0.3 is 14.9 Å². The van der Waals surface area contributed by atoms with Crippen LogP contribution in [-0.4, -0.2) is 22.2 Å². The fourth-order valence-corrected chi connectivity index (χ4v) is 1.41. The van der Waals surface area contributed by atoms with E-state index < -0.39 is 18.0 Å². The monoisotopic (exact) mass is 250 g/mol. The van der Waals surface area contributed by atoms with Gasteiger partial charge in [0.2, 0.25) is 0 Å². The molecule has 1 aromatic carbocycles. The molecule has 0 saturated carbocycles. The molecule has 0 fully saturated rings. The minimum absolute atomic E-state index is 0.0187. The zero-order chi connectivity index (χ0) is 13.9. The number of benzene rings is 1. The van der Waals surface area contributed by atoms with Gasteiger partial charge in [-0.25, -0.2) is 9.59 Å². The van der Waals surface area contributed by atoms with Crippen LogP contribution in [0.15, 0.2) is 30.4 Å². The average molecular weight is 250 g/mol. The van der Waals surface area contributed by atoms with Crippen molar-refractivity contribution in [3.63, 3.8) is 0 Å². The maximum Gasteiger partial charge on any atom is 0.336 e. The molecule has 5 nitrogen and oxygen atoms in total. The Bertz CT molecular complexity index is 504. The summed E-state index contributed by atoms with van der Waals surface area (Å²) in [5.41, 5.74) is 0.436. The van der Waals surface area contributed by atoms with Gasteiger partial charge in [0.15, 0.2) is 0 Å². The highest BCUT2D eigenvalue weighted by molar-refractivity contribution is 5.90. The van der Waals surface area contributed by atoms with Gasteiger partial charge in [-0.1, -0.05) is 6.58 Å². The molecule has 0 radical (unpaired) electrons. The van der Waals surface area contributed by atoms with Crippen molar-refractivity contribution in [1.29, 1.82) is 0 Å². The molecule has 2 N–H and O–H groups in total. The summed E-state index contributed by atoms with van der Waals surface area (Å²) in [4.78, 5) is 22.4. The molecule has 0 spiro atoms. The van der Waals surface area contributed by atoms with Crippen molar-refractivity contribution < 1.29 is 24.5 Å². The van der Waals surface area contributed by atoms with Crippen molar-refractivity contribution in [3.05, 3.63) is 41.5 Å². The number of esters is 1. The van der Waals surface area contributed by atoms with E-state index in [1.54, 1.807) is 0 Å². The molecule has 0 aliphatic carbocycles. The van der Waals surface area contributed by atoms with Gasteiger partial charge in [-0.3, -0.25) is 0 Å². The smallest absolute Gasteiger partial charge is 0.336 e. The third-order valence-corrected chi connectivity index (χ3v) is 2.34. The first-order valence-electron chi connectivity index (χ1n) is 5.25. The molecule has 96 valence electrons. The second-order valence-corrected chi connectivity index (χ2v) is 3.90. The summed E-state index contributed by atoms with van der Waals surface area (Å²) in [6.45, 7) is 6.46. The molecule has 0 saturated heterocycles. The molecule has 1 atom stereocenters. The molecule has 1 aromatic rings. The average Bonchev–Trinajstić information content (AvgIpc) is 2.28. The number of hydrogen-bond donors (Lipinski definition) is 2. The minimum atomic E-state index is -1.15. The molecule has 1 rings (SSSR count). The maximum absolute atomic E-state index is 11.4. The van der Waals surface area contributed by atoms with Gasteiger partial charge in [0, 0.05) is 11.1 Å². The van der Waals surface area contributed by atoms with E-state index in [0.717, 1.165) is 0 Å². The molecule has 5 heteroatoms. The lowest BCUT2D eigenvalue weighted by Gasteiger charge is -2.16. The maximum atomic E-state index is 11.4. The van der Waals surface area contributed by atoms with E-state index in [0.29, 0.717) is 0 Å². The summed E-state index contributed by atoms with van der Waals surface area (Å²) in [6, 6.07) is 3.79. The zero-order valence-electron chi connectivity index (χ0n) is 10.1. The van der Waals surface area contributed by atoms with Gasteiger partial charge in [0.25, 0.3) is 0 Å². The number of carbonyl (C=O) groups is 2. The number of carboxylic acids is 1. The topological polar surface area (TPSA) is 83.8 Å². The van der Waals surface area contributed by atoms with Crippen LogP contribution >= 0.6 is 0 Å². The number of hydrogen-bond acceptors (Lipinski definition) is 4. The van der Waals surface area contributed by atoms with Crippen LogP contribution < -0.4 is 0 Å². The number of phenols is 1. The fraction of sp³-hybridized carbons (Fsp3) is 0.231. The second-order valence-electron chi connectivity index (χ2n) is 3.90. The van der Waals surface area contributed by atoms with Gasteiger partial charge in [-0.15, -0.1) is 0 Å². The number of aromatic carboxylic acids is 1. The largest absolute Gasteiger partial charge is 0.508 e. The van der Waals surface area contributed by atoms with Gasteiger partial charge in [-0.05, 0) is 32.0 Å². The Balaban J connectivity index is 3.07. The second kappa shape index (κ2) is 5.35. The molecular formula is C13H14O5. The van der Waals surface area contributed by atoms with E-state index in [9.17, 15) is 14.7 Å². The summed E-state index contributed by atoms with van der Waals surface area (Å²) in [7, 11) is 0. The Morgan fingerprint density at radius 2 is 2.00 bits per heavy atom. The molecule has 0 heterocycles. The predicted octanol–water partition coefficient (Wildman–Crippen LogP) is 2.27. The Morgan fingerprint density at radius 1 is 1.39 bits per heavy atom. The molecular weight excluding hydrogens is 236 g/mol. The van der Waals surface area contributed by atoms with E-state index in [1.165, 1.54) is 32.0 Å². The Labute approximate surface area is 104 Å². The SMILES string of the molecule is C=C(C)C(=O)OC(C)c1cc(O)ccc1C(=O)O. The number of carbonyl (C=O) groups excluding carboxylic acids is 1. The first-order valence-corrected chi connectivity index (χ1v) is 5.25. The van der Waals surface area contributed by atoms with E-state index in [2.05, 4.69) is 6.58 Å². The van der Waals surface area contributed by atoms with Gasteiger partial charge in [0.05, 0.1) is 5.56 Å². The van der Waals surface area contributed by atoms with Crippen LogP contribution in [0.25, 0.3) is 0 Å². The fourth-order valence-electron chi connectivity index (χ4n) is 1.41. The lowest BCUT2D eigenvalue weighted by molar-refractivity contribution is -0.143. The number of ether oxygens (including phenoxy) is 1. The molecule has 0 aliphatic heterocycles. The predicted molar refractivity (Wildman–Crippen MR) is 64.4 cm³/mol. The molecule has 0 aliphatic rings. The number of aromatic hydroxyl groups is 1. The van der Waals surface area contributed by atoms with Crippen LogP contribution in [-0.2, 0) is 9.53 Å². The van der Waals surface area contributed by atoms with Crippen molar-refractivity contribution >= 4 is 11.9 Å². The Kier molecular flexibility index (Phi) is 4.09. The van der Waals surface area contributed by atoms with Crippen LogP contribution in [0.3, 0.4) is 0 Å². The van der Waals surface area contributed by atoms with Crippen molar-refractivity contribution in [2.45, 2.75) is 20.0 Å². The quantitative estimate of drug-likeness (QED) is 0.632. The van der Waals surface area contributed by atoms with Crippen LogP contribution in [0.2, 0.25) is 0 Å². The van der Waals surface area contributed by atoms with Gasteiger partial charge in [-0.2, -0.15) is 0 Å². The van der Waals surface area contributed by atoms with Crippen molar-refractivity contribution in [3.8, 4) is 5.75 Å². The van der Waals surface area contributed by atoms with Crippen LogP contribution in [0.5, 0.6) is 5.75 Å². The van der Waals surface area contributed by atoms with Crippen LogP contribution in [0.4, 0.5) is 0 Å². The van der Waals surface area contributed by atoms with Crippen molar-refractivity contribution in [2.75, 3.05) is 0 Å². The summed E-state index contributed by atoms with van der Waals surface area (Å²) in [5.74, 6) is -1.85. The highest BCUT2D eigenvalue weighted by Gasteiger charge is 2.19.